The first-order valence-corrected chi connectivity index (χ1v) is 5.51. The normalized spacial score (nSPS) is 10.2. The zero-order valence-corrected chi connectivity index (χ0v) is 9.65. The number of halogens is 2. The maximum absolute atomic E-state index is 13.1. The van der Waals surface area contributed by atoms with Crippen LogP contribution in [-0.4, -0.2) is 9.55 Å². The average molecular weight is 250 g/mol. The lowest BCUT2D eigenvalue weighted by Crippen LogP contribution is -2.00. The molecule has 3 nitrogen and oxygen atoms in total. The summed E-state index contributed by atoms with van der Waals surface area (Å²) in [5, 5.41) is 8.92. The van der Waals surface area contributed by atoms with Gasteiger partial charge in [0.2, 0.25) is 0 Å². The van der Waals surface area contributed by atoms with Gasteiger partial charge in [0.25, 0.3) is 0 Å². The lowest BCUT2D eigenvalue weighted by Gasteiger charge is -2.04. The molecule has 0 N–H and O–H groups in total. The molecule has 17 heavy (non-hydrogen) atoms. The van der Waals surface area contributed by atoms with E-state index in [0.29, 0.717) is 23.6 Å². The Hall–Kier alpha value is -1.86. The zero-order valence-electron chi connectivity index (χ0n) is 8.90. The molecular weight excluding hydrogens is 241 g/mol. The van der Waals surface area contributed by atoms with Crippen molar-refractivity contribution in [3.05, 3.63) is 53.4 Å². The van der Waals surface area contributed by atoms with Gasteiger partial charge in [-0.15, -0.1) is 11.6 Å². The lowest BCUT2D eigenvalue weighted by atomic mass is 10.1. The van der Waals surface area contributed by atoms with E-state index in [9.17, 15) is 4.39 Å². The molecule has 0 amide bonds. The minimum atomic E-state index is -0.350. The van der Waals surface area contributed by atoms with Gasteiger partial charge >= 0.3 is 0 Å². The summed E-state index contributed by atoms with van der Waals surface area (Å²) in [4.78, 5) is 4.06. The van der Waals surface area contributed by atoms with Crippen LogP contribution >= 0.6 is 11.6 Å². The van der Waals surface area contributed by atoms with E-state index in [4.69, 9.17) is 16.9 Å². The van der Waals surface area contributed by atoms with Gasteiger partial charge in [-0.2, -0.15) is 5.26 Å². The number of hydrogen-bond acceptors (Lipinski definition) is 2. The first kappa shape index (κ1) is 11.6. The largest absolute Gasteiger partial charge is 0.333 e. The standard InChI is InChI=1S/C12H9ClFN3/c13-4-12-7-17(8-16-12)6-10-3-11(14)2-1-9(10)5-15/h1-3,7-8H,4,6H2. The van der Waals surface area contributed by atoms with Crippen molar-refractivity contribution >= 4 is 11.6 Å². The van der Waals surface area contributed by atoms with Crippen LogP contribution < -0.4 is 0 Å². The average Bonchev–Trinajstić information content (AvgIpc) is 2.77. The van der Waals surface area contributed by atoms with Crippen LogP contribution in [0.3, 0.4) is 0 Å². The van der Waals surface area contributed by atoms with Gasteiger partial charge < -0.3 is 4.57 Å². The molecule has 0 spiro atoms. The molecule has 1 aromatic heterocycles. The van der Waals surface area contributed by atoms with Crippen molar-refractivity contribution in [3.63, 3.8) is 0 Å². The summed E-state index contributed by atoms with van der Waals surface area (Å²) in [7, 11) is 0. The minimum Gasteiger partial charge on any atom is -0.333 e. The van der Waals surface area contributed by atoms with Crippen LogP contribution in [0.2, 0.25) is 0 Å². The van der Waals surface area contributed by atoms with E-state index in [1.807, 2.05) is 6.07 Å². The van der Waals surface area contributed by atoms with Gasteiger partial charge in [0.1, 0.15) is 5.82 Å². The van der Waals surface area contributed by atoms with E-state index >= 15 is 0 Å². The molecule has 0 aliphatic rings. The van der Waals surface area contributed by atoms with Gasteiger partial charge in [0, 0.05) is 12.7 Å². The third-order valence-corrected chi connectivity index (χ3v) is 2.64. The number of aromatic nitrogens is 2. The highest BCUT2D eigenvalue weighted by molar-refractivity contribution is 6.16. The van der Waals surface area contributed by atoms with E-state index in [1.165, 1.54) is 18.2 Å². The van der Waals surface area contributed by atoms with Crippen LogP contribution in [0, 0.1) is 17.1 Å². The van der Waals surface area contributed by atoms with E-state index in [-0.39, 0.29) is 5.82 Å². The first-order valence-electron chi connectivity index (χ1n) is 4.98. The zero-order chi connectivity index (χ0) is 12.3. The van der Waals surface area contributed by atoms with Crippen molar-refractivity contribution in [3.8, 4) is 6.07 Å². The lowest BCUT2D eigenvalue weighted by molar-refractivity contribution is 0.623. The molecule has 0 unspecified atom stereocenters. The third kappa shape index (κ3) is 2.63. The van der Waals surface area contributed by atoms with Crippen molar-refractivity contribution in [2.45, 2.75) is 12.4 Å². The van der Waals surface area contributed by atoms with E-state index in [0.717, 1.165) is 5.69 Å². The molecule has 0 saturated heterocycles. The van der Waals surface area contributed by atoms with Crippen LogP contribution in [0.1, 0.15) is 16.8 Å². The van der Waals surface area contributed by atoms with E-state index in [2.05, 4.69) is 4.98 Å². The Kier molecular flexibility index (Phi) is 3.40. The van der Waals surface area contributed by atoms with Crippen molar-refractivity contribution in [1.29, 1.82) is 5.26 Å². The topological polar surface area (TPSA) is 41.6 Å². The van der Waals surface area contributed by atoms with Gasteiger partial charge in [-0.25, -0.2) is 9.37 Å². The van der Waals surface area contributed by atoms with E-state index in [1.54, 1.807) is 17.1 Å². The maximum atomic E-state index is 13.1. The number of alkyl halides is 1. The molecular formula is C12H9ClFN3. The van der Waals surface area contributed by atoms with Crippen LogP contribution in [0.25, 0.3) is 0 Å². The molecule has 0 atom stereocenters. The van der Waals surface area contributed by atoms with Crippen LogP contribution in [0.5, 0.6) is 0 Å². The number of nitrogens with zero attached hydrogens (tertiary/aromatic N) is 3. The van der Waals surface area contributed by atoms with Gasteiger partial charge in [0.05, 0.1) is 29.5 Å². The number of imidazole rings is 1. The number of hydrogen-bond donors (Lipinski definition) is 0. The molecule has 0 aliphatic carbocycles. The predicted molar refractivity (Wildman–Crippen MR) is 62.0 cm³/mol. The summed E-state index contributed by atoms with van der Waals surface area (Å²) in [6.45, 7) is 0.407. The smallest absolute Gasteiger partial charge is 0.123 e. The van der Waals surface area contributed by atoms with Gasteiger partial charge in [-0.1, -0.05) is 0 Å². The molecule has 2 rings (SSSR count). The quantitative estimate of drug-likeness (QED) is 0.785. The molecule has 1 heterocycles. The molecule has 0 radical (unpaired) electrons. The molecule has 1 aromatic carbocycles. The highest BCUT2D eigenvalue weighted by Crippen LogP contribution is 2.12. The monoisotopic (exact) mass is 249 g/mol. The minimum absolute atomic E-state index is 0.335. The van der Waals surface area contributed by atoms with Crippen molar-refractivity contribution in [2.24, 2.45) is 0 Å². The summed E-state index contributed by atoms with van der Waals surface area (Å²) < 4.78 is 14.9. The summed E-state index contributed by atoms with van der Waals surface area (Å²) >= 11 is 5.64. The number of benzene rings is 1. The van der Waals surface area contributed by atoms with Crippen molar-refractivity contribution in [1.82, 2.24) is 9.55 Å². The summed E-state index contributed by atoms with van der Waals surface area (Å²) in [5.41, 5.74) is 1.85. The van der Waals surface area contributed by atoms with Gasteiger partial charge in [0.15, 0.2) is 0 Å². The Balaban J connectivity index is 2.29. The highest BCUT2D eigenvalue weighted by atomic mass is 35.5. The fraction of sp³-hybridized carbons (Fsp3) is 0.167. The predicted octanol–water partition coefficient (Wildman–Crippen LogP) is 2.68. The fourth-order valence-corrected chi connectivity index (χ4v) is 1.70. The van der Waals surface area contributed by atoms with E-state index < -0.39 is 0 Å². The summed E-state index contributed by atoms with van der Waals surface area (Å²) in [6, 6.07) is 6.15. The summed E-state index contributed by atoms with van der Waals surface area (Å²) in [6.07, 6.45) is 3.39. The third-order valence-electron chi connectivity index (χ3n) is 2.36. The van der Waals surface area contributed by atoms with Crippen molar-refractivity contribution in [2.75, 3.05) is 0 Å². The molecule has 5 heteroatoms. The Bertz CT molecular complexity index is 571. The van der Waals surface area contributed by atoms with Crippen LogP contribution in [0.15, 0.2) is 30.7 Å². The second-order valence-electron chi connectivity index (χ2n) is 3.58. The first-order chi connectivity index (χ1) is 8.22. The highest BCUT2D eigenvalue weighted by Gasteiger charge is 2.05. The van der Waals surface area contributed by atoms with Gasteiger partial charge in [-0.3, -0.25) is 0 Å². The molecule has 2 aromatic rings. The Morgan fingerprint density at radius 3 is 2.94 bits per heavy atom. The number of nitriles is 1. The molecule has 0 aliphatic heterocycles. The second-order valence-corrected chi connectivity index (χ2v) is 3.85. The van der Waals surface area contributed by atoms with Crippen LogP contribution in [0.4, 0.5) is 4.39 Å². The molecule has 0 saturated carbocycles. The van der Waals surface area contributed by atoms with Crippen molar-refractivity contribution < 1.29 is 4.39 Å². The Morgan fingerprint density at radius 1 is 1.47 bits per heavy atom. The summed E-state index contributed by atoms with van der Waals surface area (Å²) in [5.74, 6) is -0.0157. The SMILES string of the molecule is N#Cc1ccc(F)cc1Cn1cnc(CCl)c1. The molecule has 0 fully saturated rings. The Morgan fingerprint density at radius 2 is 2.29 bits per heavy atom. The number of rotatable bonds is 3. The van der Waals surface area contributed by atoms with Crippen LogP contribution in [-0.2, 0) is 12.4 Å². The Labute approximate surface area is 103 Å². The second kappa shape index (κ2) is 4.98. The molecule has 86 valence electrons. The fourth-order valence-electron chi connectivity index (χ4n) is 1.56. The van der Waals surface area contributed by atoms with Gasteiger partial charge in [-0.05, 0) is 23.8 Å². The molecule has 0 bridgehead atoms. The maximum Gasteiger partial charge on any atom is 0.123 e.